The Morgan fingerprint density at radius 2 is 1.92 bits per heavy atom. The van der Waals surface area contributed by atoms with Gasteiger partial charge in [0, 0.05) is 17.8 Å². The Balaban J connectivity index is 0.00000288. The van der Waals surface area contributed by atoms with Gasteiger partial charge in [0.25, 0.3) is 0 Å². The van der Waals surface area contributed by atoms with Crippen LogP contribution in [0, 0.1) is 11.8 Å². The molecule has 1 aromatic carbocycles. The summed E-state index contributed by atoms with van der Waals surface area (Å²) in [4.78, 5) is 12.1. The number of sulfonamides is 1. The molecule has 0 radical (unpaired) electrons. The van der Waals surface area contributed by atoms with Gasteiger partial charge in [0.2, 0.25) is 15.9 Å². The molecule has 1 amide bonds. The maximum Gasteiger partial charge on any atom is 0.229 e. The van der Waals surface area contributed by atoms with Gasteiger partial charge in [-0.2, -0.15) is 0 Å². The Kier molecular flexibility index (Phi) is 7.99. The number of halogens is 1. The van der Waals surface area contributed by atoms with Gasteiger partial charge in [0.05, 0.1) is 6.26 Å². The van der Waals surface area contributed by atoms with Crippen molar-refractivity contribution < 1.29 is 13.2 Å². The van der Waals surface area contributed by atoms with Crippen molar-refractivity contribution >= 4 is 39.7 Å². The van der Waals surface area contributed by atoms with Gasteiger partial charge >= 0.3 is 0 Å². The van der Waals surface area contributed by atoms with Gasteiger partial charge in [0.15, 0.2) is 0 Å². The lowest BCUT2D eigenvalue weighted by molar-refractivity contribution is -0.117. The van der Waals surface area contributed by atoms with Gasteiger partial charge in [-0.3, -0.25) is 9.52 Å². The van der Waals surface area contributed by atoms with E-state index >= 15 is 0 Å². The van der Waals surface area contributed by atoms with Crippen molar-refractivity contribution in [3.05, 3.63) is 24.3 Å². The summed E-state index contributed by atoms with van der Waals surface area (Å²) in [7, 11) is -3.28. The SMILES string of the molecule is CC(CC(=O)Nc1ccc(NS(C)(=O)=O)cc1)C1CCCNC1.Cl. The lowest BCUT2D eigenvalue weighted by atomic mass is 9.85. The number of amides is 1. The molecule has 136 valence electrons. The lowest BCUT2D eigenvalue weighted by Gasteiger charge is -2.28. The third kappa shape index (κ3) is 7.07. The zero-order valence-corrected chi connectivity index (χ0v) is 15.7. The number of rotatable bonds is 6. The molecular formula is C16H26ClN3O3S. The van der Waals surface area contributed by atoms with E-state index in [-0.39, 0.29) is 18.3 Å². The van der Waals surface area contributed by atoms with Gasteiger partial charge in [0.1, 0.15) is 0 Å². The van der Waals surface area contributed by atoms with Crippen LogP contribution in [0.15, 0.2) is 24.3 Å². The van der Waals surface area contributed by atoms with Crippen LogP contribution >= 0.6 is 12.4 Å². The van der Waals surface area contributed by atoms with Crippen LogP contribution in [0.3, 0.4) is 0 Å². The van der Waals surface area contributed by atoms with E-state index in [4.69, 9.17) is 0 Å². The summed E-state index contributed by atoms with van der Waals surface area (Å²) in [6.45, 7) is 4.18. The van der Waals surface area contributed by atoms with Crippen LogP contribution in [0.1, 0.15) is 26.2 Å². The van der Waals surface area contributed by atoms with Crippen LogP contribution < -0.4 is 15.4 Å². The monoisotopic (exact) mass is 375 g/mol. The van der Waals surface area contributed by atoms with Gasteiger partial charge in [-0.15, -0.1) is 12.4 Å². The van der Waals surface area contributed by atoms with Crippen LogP contribution in [-0.4, -0.2) is 33.7 Å². The van der Waals surface area contributed by atoms with Crippen molar-refractivity contribution in [2.24, 2.45) is 11.8 Å². The second-order valence-corrected chi connectivity index (χ2v) is 8.04. The molecule has 3 N–H and O–H groups in total. The molecule has 0 aromatic heterocycles. The van der Waals surface area contributed by atoms with E-state index in [2.05, 4.69) is 22.3 Å². The van der Waals surface area contributed by atoms with Crippen molar-refractivity contribution in [2.75, 3.05) is 29.4 Å². The Morgan fingerprint density at radius 3 is 2.46 bits per heavy atom. The van der Waals surface area contributed by atoms with Crippen LogP contribution in [0.25, 0.3) is 0 Å². The summed E-state index contributed by atoms with van der Waals surface area (Å²) in [5.74, 6) is 0.886. The van der Waals surface area contributed by atoms with E-state index in [0.29, 0.717) is 29.6 Å². The lowest BCUT2D eigenvalue weighted by Crippen LogP contribution is -2.34. The number of piperidine rings is 1. The third-order valence-electron chi connectivity index (χ3n) is 4.12. The summed E-state index contributed by atoms with van der Waals surface area (Å²) in [5.41, 5.74) is 1.15. The van der Waals surface area contributed by atoms with E-state index in [1.54, 1.807) is 24.3 Å². The molecule has 6 nitrogen and oxygen atoms in total. The predicted octanol–water partition coefficient (Wildman–Crippen LogP) is 2.44. The molecule has 0 aliphatic carbocycles. The molecule has 1 fully saturated rings. The molecule has 0 spiro atoms. The Labute approximate surface area is 150 Å². The zero-order valence-electron chi connectivity index (χ0n) is 14.0. The molecule has 2 rings (SSSR count). The molecular weight excluding hydrogens is 350 g/mol. The number of anilines is 2. The Hall–Kier alpha value is -1.31. The van der Waals surface area contributed by atoms with Crippen LogP contribution in [0.2, 0.25) is 0 Å². The molecule has 1 saturated heterocycles. The normalized spacial score (nSPS) is 19.0. The number of benzene rings is 1. The van der Waals surface area contributed by atoms with Crippen molar-refractivity contribution in [1.82, 2.24) is 5.32 Å². The van der Waals surface area contributed by atoms with E-state index in [1.807, 2.05) is 0 Å². The molecule has 2 atom stereocenters. The molecule has 1 aliphatic rings. The second kappa shape index (κ2) is 9.25. The summed E-state index contributed by atoms with van der Waals surface area (Å²) in [6, 6.07) is 6.65. The summed E-state index contributed by atoms with van der Waals surface area (Å²) in [6.07, 6.45) is 3.94. The van der Waals surface area contributed by atoms with Gasteiger partial charge in [-0.25, -0.2) is 8.42 Å². The van der Waals surface area contributed by atoms with Gasteiger partial charge in [-0.1, -0.05) is 6.92 Å². The highest BCUT2D eigenvalue weighted by Gasteiger charge is 2.22. The molecule has 1 aromatic rings. The van der Waals surface area contributed by atoms with Crippen molar-refractivity contribution in [3.63, 3.8) is 0 Å². The average Bonchev–Trinajstić information content (AvgIpc) is 2.48. The minimum absolute atomic E-state index is 0. The molecule has 1 heterocycles. The fourth-order valence-corrected chi connectivity index (χ4v) is 3.44. The molecule has 2 unspecified atom stereocenters. The number of hydrogen-bond donors (Lipinski definition) is 3. The number of nitrogens with one attached hydrogen (secondary N) is 3. The minimum atomic E-state index is -3.28. The topological polar surface area (TPSA) is 87.3 Å². The Bertz CT molecular complexity index is 628. The highest BCUT2D eigenvalue weighted by atomic mass is 35.5. The fourth-order valence-electron chi connectivity index (χ4n) is 2.87. The largest absolute Gasteiger partial charge is 0.326 e. The second-order valence-electron chi connectivity index (χ2n) is 6.29. The molecule has 1 aliphatic heterocycles. The highest BCUT2D eigenvalue weighted by Crippen LogP contribution is 2.23. The Morgan fingerprint density at radius 1 is 1.29 bits per heavy atom. The predicted molar refractivity (Wildman–Crippen MR) is 100 cm³/mol. The van der Waals surface area contributed by atoms with Crippen molar-refractivity contribution in [2.45, 2.75) is 26.2 Å². The zero-order chi connectivity index (χ0) is 16.9. The van der Waals surface area contributed by atoms with E-state index in [1.165, 1.54) is 12.8 Å². The number of carbonyl (C=O) groups excluding carboxylic acids is 1. The number of hydrogen-bond acceptors (Lipinski definition) is 4. The summed E-state index contributed by atoms with van der Waals surface area (Å²) < 4.78 is 24.7. The smallest absolute Gasteiger partial charge is 0.229 e. The molecule has 0 bridgehead atoms. The first-order valence-electron chi connectivity index (χ1n) is 7.92. The highest BCUT2D eigenvalue weighted by molar-refractivity contribution is 7.92. The maximum atomic E-state index is 12.1. The minimum Gasteiger partial charge on any atom is -0.326 e. The fraction of sp³-hybridized carbons (Fsp3) is 0.562. The van der Waals surface area contributed by atoms with E-state index in [9.17, 15) is 13.2 Å². The van der Waals surface area contributed by atoms with E-state index in [0.717, 1.165) is 19.3 Å². The van der Waals surface area contributed by atoms with Gasteiger partial charge in [-0.05, 0) is 62.0 Å². The average molecular weight is 376 g/mol. The first-order chi connectivity index (χ1) is 10.8. The first-order valence-corrected chi connectivity index (χ1v) is 9.81. The summed E-state index contributed by atoms with van der Waals surface area (Å²) >= 11 is 0. The molecule has 24 heavy (non-hydrogen) atoms. The van der Waals surface area contributed by atoms with Crippen molar-refractivity contribution in [1.29, 1.82) is 0 Å². The number of carbonyl (C=O) groups is 1. The molecule has 0 saturated carbocycles. The quantitative estimate of drug-likeness (QED) is 0.712. The van der Waals surface area contributed by atoms with Crippen LogP contribution in [-0.2, 0) is 14.8 Å². The van der Waals surface area contributed by atoms with Gasteiger partial charge < -0.3 is 10.6 Å². The maximum absolute atomic E-state index is 12.1. The van der Waals surface area contributed by atoms with Crippen LogP contribution in [0.5, 0.6) is 0 Å². The van der Waals surface area contributed by atoms with Crippen molar-refractivity contribution in [3.8, 4) is 0 Å². The van der Waals surface area contributed by atoms with E-state index < -0.39 is 10.0 Å². The molecule has 8 heteroatoms. The first kappa shape index (κ1) is 20.7. The van der Waals surface area contributed by atoms with Crippen LogP contribution in [0.4, 0.5) is 11.4 Å². The standard InChI is InChI=1S/C16H25N3O3S.ClH/c1-12(13-4-3-9-17-11-13)10-16(20)18-14-5-7-15(8-6-14)19-23(2,21)22;/h5-8,12-13,17,19H,3-4,9-11H2,1-2H3,(H,18,20);1H. The third-order valence-corrected chi connectivity index (χ3v) is 4.73. The summed E-state index contributed by atoms with van der Waals surface area (Å²) in [5, 5.41) is 6.24.